The van der Waals surface area contributed by atoms with Crippen LogP contribution in [0.3, 0.4) is 0 Å². The molecule has 0 radical (unpaired) electrons. The zero-order valence-electron chi connectivity index (χ0n) is 13.8. The SMILES string of the molecule is CN1CCC(c2c(F)cnc3nc(C4CCCCC4)[nH]c23)CC1. The average molecular weight is 316 g/mol. The predicted octanol–water partition coefficient (Wildman–Crippen LogP) is 3.95. The van der Waals surface area contributed by atoms with Gasteiger partial charge < -0.3 is 9.88 Å². The molecule has 5 heteroatoms. The number of rotatable bonds is 2. The second-order valence-electron chi connectivity index (χ2n) is 7.25. The van der Waals surface area contributed by atoms with E-state index in [1.807, 2.05) is 0 Å². The first kappa shape index (κ1) is 15.1. The summed E-state index contributed by atoms with van der Waals surface area (Å²) in [4.78, 5) is 14.7. The first-order chi connectivity index (χ1) is 11.2. The van der Waals surface area contributed by atoms with Crippen molar-refractivity contribution >= 4 is 11.2 Å². The molecule has 3 heterocycles. The summed E-state index contributed by atoms with van der Waals surface area (Å²) in [7, 11) is 2.13. The van der Waals surface area contributed by atoms with Crippen molar-refractivity contribution in [3.05, 3.63) is 23.4 Å². The smallest absolute Gasteiger partial charge is 0.178 e. The van der Waals surface area contributed by atoms with Crippen LogP contribution < -0.4 is 0 Å². The number of fused-ring (bicyclic) bond motifs is 1. The van der Waals surface area contributed by atoms with Gasteiger partial charge in [0.1, 0.15) is 11.6 Å². The zero-order chi connectivity index (χ0) is 15.8. The molecular formula is C18H25FN4. The van der Waals surface area contributed by atoms with Crippen molar-refractivity contribution in [2.45, 2.75) is 56.8 Å². The van der Waals surface area contributed by atoms with Gasteiger partial charge in [0.05, 0.1) is 11.7 Å². The van der Waals surface area contributed by atoms with Crippen LogP contribution in [0.2, 0.25) is 0 Å². The maximum Gasteiger partial charge on any atom is 0.178 e. The largest absolute Gasteiger partial charge is 0.340 e. The number of nitrogens with zero attached hydrogens (tertiary/aromatic N) is 3. The molecule has 2 aliphatic rings. The lowest BCUT2D eigenvalue weighted by molar-refractivity contribution is 0.253. The lowest BCUT2D eigenvalue weighted by Gasteiger charge is -2.29. The third-order valence-corrected chi connectivity index (χ3v) is 5.65. The molecule has 0 unspecified atom stereocenters. The fourth-order valence-corrected chi connectivity index (χ4v) is 4.24. The lowest BCUT2D eigenvalue weighted by atomic mass is 9.88. The van der Waals surface area contributed by atoms with Crippen LogP contribution in [0.4, 0.5) is 4.39 Å². The van der Waals surface area contributed by atoms with E-state index in [1.165, 1.54) is 38.3 Å². The van der Waals surface area contributed by atoms with E-state index < -0.39 is 0 Å². The monoisotopic (exact) mass is 316 g/mol. The number of imidazole rings is 1. The van der Waals surface area contributed by atoms with E-state index in [-0.39, 0.29) is 11.7 Å². The van der Waals surface area contributed by atoms with Crippen LogP contribution in [0, 0.1) is 5.82 Å². The molecule has 1 N–H and O–H groups in total. The molecule has 4 rings (SSSR count). The Kier molecular flexibility index (Phi) is 4.05. The maximum absolute atomic E-state index is 14.5. The fraction of sp³-hybridized carbons (Fsp3) is 0.667. The highest BCUT2D eigenvalue weighted by molar-refractivity contribution is 5.75. The molecule has 2 aromatic rings. The Morgan fingerprint density at radius 1 is 1.09 bits per heavy atom. The molecule has 124 valence electrons. The highest BCUT2D eigenvalue weighted by atomic mass is 19.1. The van der Waals surface area contributed by atoms with E-state index in [0.717, 1.165) is 42.8 Å². The number of hydrogen-bond acceptors (Lipinski definition) is 3. The number of likely N-dealkylation sites (tertiary alicyclic amines) is 1. The summed E-state index contributed by atoms with van der Waals surface area (Å²) < 4.78 is 14.5. The summed E-state index contributed by atoms with van der Waals surface area (Å²) in [6, 6.07) is 0. The van der Waals surface area contributed by atoms with Crippen LogP contribution in [0.15, 0.2) is 6.20 Å². The van der Waals surface area contributed by atoms with E-state index in [1.54, 1.807) is 0 Å². The Labute approximate surface area is 136 Å². The number of pyridine rings is 1. The number of aromatic nitrogens is 3. The molecule has 0 atom stereocenters. The quantitative estimate of drug-likeness (QED) is 0.912. The van der Waals surface area contributed by atoms with Gasteiger partial charge in [0.2, 0.25) is 0 Å². The molecule has 2 aromatic heterocycles. The van der Waals surface area contributed by atoms with Crippen LogP contribution in [0.25, 0.3) is 11.2 Å². The molecule has 0 aromatic carbocycles. The van der Waals surface area contributed by atoms with Gasteiger partial charge in [0, 0.05) is 11.5 Å². The van der Waals surface area contributed by atoms with Gasteiger partial charge in [-0.3, -0.25) is 0 Å². The molecular weight excluding hydrogens is 291 g/mol. The minimum absolute atomic E-state index is 0.175. The number of H-pyrrole nitrogens is 1. The van der Waals surface area contributed by atoms with E-state index >= 15 is 0 Å². The van der Waals surface area contributed by atoms with Crippen LogP contribution >= 0.6 is 0 Å². The summed E-state index contributed by atoms with van der Waals surface area (Å²) >= 11 is 0. The number of nitrogens with one attached hydrogen (secondary N) is 1. The predicted molar refractivity (Wildman–Crippen MR) is 89.1 cm³/mol. The van der Waals surface area contributed by atoms with Gasteiger partial charge in [-0.1, -0.05) is 19.3 Å². The van der Waals surface area contributed by atoms with E-state index in [9.17, 15) is 4.39 Å². The summed E-state index contributed by atoms with van der Waals surface area (Å²) in [6.45, 7) is 2.05. The van der Waals surface area contributed by atoms with Gasteiger partial charge in [-0.25, -0.2) is 14.4 Å². The molecule has 1 aliphatic carbocycles. The Morgan fingerprint density at radius 2 is 1.83 bits per heavy atom. The van der Waals surface area contributed by atoms with Gasteiger partial charge in [0.25, 0.3) is 0 Å². The van der Waals surface area contributed by atoms with Crippen LogP contribution in [0.5, 0.6) is 0 Å². The Hall–Kier alpha value is -1.49. The number of aromatic amines is 1. The molecule has 4 nitrogen and oxygen atoms in total. The van der Waals surface area contributed by atoms with Crippen LogP contribution in [0.1, 0.15) is 68.2 Å². The summed E-state index contributed by atoms with van der Waals surface area (Å²) in [5.74, 6) is 1.61. The molecule has 0 amide bonds. The van der Waals surface area contributed by atoms with Gasteiger partial charge in [-0.15, -0.1) is 0 Å². The Bertz CT molecular complexity index is 682. The number of hydrogen-bond donors (Lipinski definition) is 1. The number of halogens is 1. The second kappa shape index (κ2) is 6.19. The normalized spacial score (nSPS) is 22.0. The van der Waals surface area contributed by atoms with Gasteiger partial charge in [0.15, 0.2) is 5.65 Å². The molecule has 0 spiro atoms. The van der Waals surface area contributed by atoms with E-state index in [0.29, 0.717) is 11.6 Å². The first-order valence-corrected chi connectivity index (χ1v) is 8.95. The van der Waals surface area contributed by atoms with Crippen LogP contribution in [-0.4, -0.2) is 40.0 Å². The summed E-state index contributed by atoms with van der Waals surface area (Å²) in [5, 5.41) is 0. The third-order valence-electron chi connectivity index (χ3n) is 5.65. The summed E-state index contributed by atoms with van der Waals surface area (Å²) in [5.41, 5.74) is 2.36. The number of piperidine rings is 1. The molecule has 1 saturated carbocycles. The molecule has 1 saturated heterocycles. The van der Waals surface area contributed by atoms with Crippen molar-refractivity contribution in [2.24, 2.45) is 0 Å². The average Bonchev–Trinajstić information content (AvgIpc) is 3.01. The lowest BCUT2D eigenvalue weighted by Crippen LogP contribution is -2.29. The van der Waals surface area contributed by atoms with Crippen molar-refractivity contribution < 1.29 is 4.39 Å². The minimum Gasteiger partial charge on any atom is -0.340 e. The van der Waals surface area contributed by atoms with Crippen molar-refractivity contribution in [3.63, 3.8) is 0 Å². The molecule has 1 aliphatic heterocycles. The highest BCUT2D eigenvalue weighted by Gasteiger charge is 2.26. The Morgan fingerprint density at radius 3 is 2.57 bits per heavy atom. The standard InChI is InChI=1S/C18H25FN4/c1-23-9-7-12(8-10-23)15-14(19)11-20-18-16(15)21-17(22-18)13-5-3-2-4-6-13/h11-13H,2-10H2,1H3,(H,20,21,22). The summed E-state index contributed by atoms with van der Waals surface area (Å²) in [6.07, 6.45) is 9.61. The van der Waals surface area contributed by atoms with Crippen molar-refractivity contribution in [3.8, 4) is 0 Å². The zero-order valence-corrected chi connectivity index (χ0v) is 13.8. The second-order valence-corrected chi connectivity index (χ2v) is 7.25. The maximum atomic E-state index is 14.5. The van der Waals surface area contributed by atoms with Crippen molar-refractivity contribution in [1.82, 2.24) is 19.9 Å². The first-order valence-electron chi connectivity index (χ1n) is 8.95. The molecule has 23 heavy (non-hydrogen) atoms. The minimum atomic E-state index is -0.175. The van der Waals surface area contributed by atoms with Crippen molar-refractivity contribution in [2.75, 3.05) is 20.1 Å². The molecule has 0 bridgehead atoms. The van der Waals surface area contributed by atoms with Gasteiger partial charge >= 0.3 is 0 Å². The van der Waals surface area contributed by atoms with Crippen LogP contribution in [-0.2, 0) is 0 Å². The van der Waals surface area contributed by atoms with Gasteiger partial charge in [-0.05, 0) is 51.7 Å². The fourth-order valence-electron chi connectivity index (χ4n) is 4.24. The topological polar surface area (TPSA) is 44.8 Å². The Balaban J connectivity index is 1.71. The highest BCUT2D eigenvalue weighted by Crippen LogP contribution is 2.36. The molecule has 2 fully saturated rings. The van der Waals surface area contributed by atoms with Gasteiger partial charge in [-0.2, -0.15) is 0 Å². The third kappa shape index (κ3) is 2.87. The van der Waals surface area contributed by atoms with E-state index in [2.05, 4.69) is 21.9 Å². The van der Waals surface area contributed by atoms with Crippen molar-refractivity contribution in [1.29, 1.82) is 0 Å². The van der Waals surface area contributed by atoms with E-state index in [4.69, 9.17) is 4.98 Å².